The van der Waals surface area contributed by atoms with Crippen LogP contribution in [0, 0.1) is 11.8 Å². The molecule has 1 saturated carbocycles. The van der Waals surface area contributed by atoms with Gasteiger partial charge in [-0.25, -0.2) is 0 Å². The molecule has 1 N–H and O–H groups in total. The number of rotatable bonds is 1. The Morgan fingerprint density at radius 3 is 2.90 bits per heavy atom. The number of fused-ring (bicyclic) bond motifs is 1. The van der Waals surface area contributed by atoms with Gasteiger partial charge in [-0.15, -0.1) is 0 Å². The zero-order valence-corrected chi connectivity index (χ0v) is 5.62. The van der Waals surface area contributed by atoms with Gasteiger partial charge in [0, 0.05) is 12.5 Å². The van der Waals surface area contributed by atoms with Gasteiger partial charge in [-0.3, -0.25) is 4.79 Å². The maximum atomic E-state index is 10.4. The Kier molecular flexibility index (Phi) is 1.20. The lowest BCUT2D eigenvalue weighted by Crippen LogP contribution is -2.07. The number of ether oxygens (including phenoxy) is 1. The first-order valence-corrected chi connectivity index (χ1v) is 3.65. The summed E-state index contributed by atoms with van der Waals surface area (Å²) in [6, 6.07) is 0. The van der Waals surface area contributed by atoms with Crippen molar-refractivity contribution in [3.63, 3.8) is 0 Å². The fourth-order valence-electron chi connectivity index (χ4n) is 1.78. The molecule has 1 unspecified atom stereocenters. The van der Waals surface area contributed by atoms with Crippen LogP contribution in [0.4, 0.5) is 0 Å². The van der Waals surface area contributed by atoms with Crippen molar-refractivity contribution in [1.29, 1.82) is 0 Å². The second-order valence-corrected chi connectivity index (χ2v) is 3.01. The second kappa shape index (κ2) is 1.95. The van der Waals surface area contributed by atoms with Crippen molar-refractivity contribution in [1.82, 2.24) is 0 Å². The molecule has 0 amide bonds. The van der Waals surface area contributed by atoms with Crippen molar-refractivity contribution in [3.8, 4) is 0 Å². The van der Waals surface area contributed by atoms with Gasteiger partial charge < -0.3 is 9.84 Å². The van der Waals surface area contributed by atoms with Gasteiger partial charge in [-0.1, -0.05) is 0 Å². The minimum absolute atomic E-state index is 0.0613. The molecule has 3 nitrogen and oxygen atoms in total. The van der Waals surface area contributed by atoms with E-state index in [9.17, 15) is 4.79 Å². The molecule has 3 atom stereocenters. The van der Waals surface area contributed by atoms with E-state index in [-0.39, 0.29) is 12.0 Å². The van der Waals surface area contributed by atoms with Crippen LogP contribution in [0.15, 0.2) is 0 Å². The van der Waals surface area contributed by atoms with E-state index in [1.54, 1.807) is 0 Å². The van der Waals surface area contributed by atoms with Crippen molar-refractivity contribution in [2.24, 2.45) is 11.8 Å². The number of aliphatic carboxylic acids is 1. The molecule has 0 aromatic carbocycles. The predicted octanol–water partition coefficient (Wildman–Crippen LogP) is 0.496. The zero-order valence-electron chi connectivity index (χ0n) is 5.62. The third-order valence-corrected chi connectivity index (χ3v) is 2.37. The lowest BCUT2D eigenvalue weighted by molar-refractivity contribution is -0.139. The number of carboxylic acid groups (broad SMARTS) is 1. The molecule has 2 aliphatic rings. The number of hydrogen-bond acceptors (Lipinski definition) is 2. The fourth-order valence-corrected chi connectivity index (χ4v) is 1.78. The Balaban J connectivity index is 1.99. The van der Waals surface area contributed by atoms with Gasteiger partial charge in [0.15, 0.2) is 0 Å². The summed E-state index contributed by atoms with van der Waals surface area (Å²) in [5.74, 6) is -0.523. The van der Waals surface area contributed by atoms with Crippen LogP contribution in [-0.2, 0) is 9.53 Å². The summed E-state index contributed by atoms with van der Waals surface area (Å²) in [6.45, 7) is 0.755. The van der Waals surface area contributed by atoms with Crippen LogP contribution < -0.4 is 0 Å². The van der Waals surface area contributed by atoms with Gasteiger partial charge >= 0.3 is 5.97 Å². The largest absolute Gasteiger partial charge is 0.481 e. The van der Waals surface area contributed by atoms with Gasteiger partial charge in [-0.2, -0.15) is 0 Å². The first kappa shape index (κ1) is 6.16. The summed E-state index contributed by atoms with van der Waals surface area (Å²) in [6.07, 6.45) is 2.14. The molecule has 1 heterocycles. The summed E-state index contributed by atoms with van der Waals surface area (Å²) in [4.78, 5) is 10.4. The molecule has 1 saturated heterocycles. The minimum Gasteiger partial charge on any atom is -0.481 e. The number of carboxylic acids is 1. The Bertz CT molecular complexity index is 154. The van der Waals surface area contributed by atoms with Crippen LogP contribution in [0.25, 0.3) is 0 Å². The van der Waals surface area contributed by atoms with E-state index < -0.39 is 5.97 Å². The molecular weight excluding hydrogens is 132 g/mol. The molecule has 1 aliphatic carbocycles. The van der Waals surface area contributed by atoms with E-state index in [0.29, 0.717) is 5.92 Å². The summed E-state index contributed by atoms with van der Waals surface area (Å²) in [5, 5.41) is 8.60. The quantitative estimate of drug-likeness (QED) is 0.579. The zero-order chi connectivity index (χ0) is 7.14. The lowest BCUT2D eigenvalue weighted by Gasteiger charge is -2.07. The molecule has 3 heteroatoms. The van der Waals surface area contributed by atoms with Crippen molar-refractivity contribution in [2.75, 3.05) is 6.61 Å². The first-order chi connectivity index (χ1) is 4.80. The van der Waals surface area contributed by atoms with E-state index in [2.05, 4.69) is 0 Å². The van der Waals surface area contributed by atoms with Gasteiger partial charge in [0.2, 0.25) is 0 Å². The summed E-state index contributed by atoms with van der Waals surface area (Å²) in [7, 11) is 0. The molecule has 0 spiro atoms. The Morgan fingerprint density at radius 1 is 1.60 bits per heavy atom. The third kappa shape index (κ3) is 0.736. The van der Waals surface area contributed by atoms with Crippen LogP contribution in [0.2, 0.25) is 0 Å². The maximum Gasteiger partial charge on any atom is 0.309 e. The Labute approximate surface area is 59.0 Å². The topological polar surface area (TPSA) is 46.5 Å². The van der Waals surface area contributed by atoms with Crippen molar-refractivity contribution >= 4 is 5.97 Å². The number of carbonyl (C=O) groups is 1. The van der Waals surface area contributed by atoms with Crippen molar-refractivity contribution in [3.05, 3.63) is 0 Å². The van der Waals surface area contributed by atoms with Crippen LogP contribution in [0.3, 0.4) is 0 Å². The van der Waals surface area contributed by atoms with Crippen LogP contribution in [0.5, 0.6) is 0 Å². The summed E-state index contributed by atoms with van der Waals surface area (Å²) in [5.41, 5.74) is 0. The summed E-state index contributed by atoms with van der Waals surface area (Å²) < 4.78 is 5.24. The van der Waals surface area contributed by atoms with E-state index in [1.165, 1.54) is 0 Å². The standard InChI is InChI=1S/C7H10O3/c8-7(9)5-4-2-1-3-10-6(4)5/h4-6H,1-3H2,(H,8,9)/t4-,5?,6-/m1/s1. The molecule has 0 aromatic heterocycles. The second-order valence-electron chi connectivity index (χ2n) is 3.01. The van der Waals surface area contributed by atoms with E-state index in [4.69, 9.17) is 9.84 Å². The fraction of sp³-hybridized carbons (Fsp3) is 0.857. The van der Waals surface area contributed by atoms with Crippen LogP contribution in [0.1, 0.15) is 12.8 Å². The molecule has 0 bridgehead atoms. The SMILES string of the molecule is O=C(O)C1[C@H]2CCCO[C@@H]12. The van der Waals surface area contributed by atoms with E-state index in [0.717, 1.165) is 19.4 Å². The highest BCUT2D eigenvalue weighted by Gasteiger charge is 2.57. The van der Waals surface area contributed by atoms with Gasteiger partial charge in [-0.05, 0) is 12.8 Å². The van der Waals surface area contributed by atoms with Crippen LogP contribution >= 0.6 is 0 Å². The lowest BCUT2D eigenvalue weighted by atomic mass is 10.2. The molecule has 0 radical (unpaired) electrons. The van der Waals surface area contributed by atoms with Gasteiger partial charge in [0.25, 0.3) is 0 Å². The highest BCUT2D eigenvalue weighted by atomic mass is 16.5. The van der Waals surface area contributed by atoms with Gasteiger partial charge in [0.05, 0.1) is 12.0 Å². The number of hydrogen-bond donors (Lipinski definition) is 1. The smallest absolute Gasteiger partial charge is 0.309 e. The molecule has 0 aromatic rings. The minimum atomic E-state index is -0.683. The van der Waals surface area contributed by atoms with E-state index in [1.807, 2.05) is 0 Å². The van der Waals surface area contributed by atoms with Gasteiger partial charge in [0.1, 0.15) is 0 Å². The predicted molar refractivity (Wildman–Crippen MR) is 33.6 cm³/mol. The first-order valence-electron chi connectivity index (χ1n) is 3.65. The summed E-state index contributed by atoms with van der Waals surface area (Å²) >= 11 is 0. The average Bonchev–Trinajstić information content (AvgIpc) is 2.60. The molecule has 56 valence electrons. The van der Waals surface area contributed by atoms with Crippen molar-refractivity contribution < 1.29 is 14.6 Å². The molecule has 2 rings (SSSR count). The monoisotopic (exact) mass is 142 g/mol. The molecule has 10 heavy (non-hydrogen) atoms. The maximum absolute atomic E-state index is 10.4. The van der Waals surface area contributed by atoms with E-state index >= 15 is 0 Å². The van der Waals surface area contributed by atoms with Crippen molar-refractivity contribution in [2.45, 2.75) is 18.9 Å². The highest BCUT2D eigenvalue weighted by Crippen LogP contribution is 2.47. The molecule has 2 fully saturated rings. The Hall–Kier alpha value is -0.570. The third-order valence-electron chi connectivity index (χ3n) is 2.37. The highest BCUT2D eigenvalue weighted by molar-refractivity contribution is 5.75. The van der Waals surface area contributed by atoms with Crippen LogP contribution in [-0.4, -0.2) is 23.8 Å². The Morgan fingerprint density at radius 2 is 2.40 bits per heavy atom. The average molecular weight is 142 g/mol. The molecular formula is C7H10O3. The molecule has 1 aliphatic heterocycles. The normalized spacial score (nSPS) is 44.2.